The van der Waals surface area contributed by atoms with Gasteiger partial charge in [-0.15, -0.1) is 0 Å². The lowest BCUT2D eigenvalue weighted by Gasteiger charge is -1.95. The lowest BCUT2D eigenvalue weighted by Crippen LogP contribution is -1.93. The Morgan fingerprint density at radius 1 is 1.25 bits per heavy atom. The molecule has 80 valence electrons. The van der Waals surface area contributed by atoms with Gasteiger partial charge in [-0.1, -0.05) is 24.3 Å². The van der Waals surface area contributed by atoms with Gasteiger partial charge in [0.1, 0.15) is 0 Å². The fourth-order valence-corrected chi connectivity index (χ4v) is 1.08. The minimum Gasteiger partial charge on any atom is -0.466 e. The Balaban J connectivity index is 2.72. The summed E-state index contributed by atoms with van der Waals surface area (Å²) in [5.74, 6) is -0.381. The van der Waals surface area contributed by atoms with E-state index in [1.165, 1.54) is 19.3 Å². The Morgan fingerprint density at radius 3 is 2.31 bits per heavy atom. The number of carbonyl (C=O) groups excluding carboxylic acids is 1. The number of methoxy groups -OCH3 is 1. The Labute approximate surface area is 94.3 Å². The molecule has 0 atom stereocenters. The number of hydrogen-bond donors (Lipinski definition) is 0. The van der Waals surface area contributed by atoms with E-state index >= 15 is 0 Å². The summed E-state index contributed by atoms with van der Waals surface area (Å²) >= 11 is 0. The van der Waals surface area contributed by atoms with Gasteiger partial charge in [0.25, 0.3) is 0 Å². The first-order chi connectivity index (χ1) is 7.76. The molecule has 0 aliphatic carbocycles. The number of benzene rings is 1. The van der Waals surface area contributed by atoms with E-state index in [1.54, 1.807) is 12.2 Å². The summed E-state index contributed by atoms with van der Waals surface area (Å²) in [4.78, 5) is 10.8. The van der Waals surface area contributed by atoms with Crippen molar-refractivity contribution in [2.24, 2.45) is 0 Å². The van der Waals surface area contributed by atoms with E-state index < -0.39 is 0 Å². The van der Waals surface area contributed by atoms with Crippen LogP contribution >= 0.6 is 0 Å². The summed E-state index contributed by atoms with van der Waals surface area (Å²) in [6.45, 7) is 0. The van der Waals surface area contributed by atoms with Crippen molar-refractivity contribution in [3.05, 3.63) is 47.5 Å². The highest BCUT2D eigenvalue weighted by Crippen LogP contribution is 2.07. The zero-order valence-electron chi connectivity index (χ0n) is 8.88. The Morgan fingerprint density at radius 2 is 1.81 bits per heavy atom. The molecule has 1 aromatic rings. The number of allylic oxidation sites excluding steroid dienone is 1. The van der Waals surface area contributed by atoms with Crippen molar-refractivity contribution in [1.29, 1.82) is 5.26 Å². The van der Waals surface area contributed by atoms with Crippen molar-refractivity contribution in [2.75, 3.05) is 7.11 Å². The molecule has 0 saturated heterocycles. The van der Waals surface area contributed by atoms with Crippen molar-refractivity contribution in [3.63, 3.8) is 0 Å². The second-order valence-corrected chi connectivity index (χ2v) is 2.99. The van der Waals surface area contributed by atoms with Gasteiger partial charge in [-0.3, -0.25) is 0 Å². The summed E-state index contributed by atoms with van der Waals surface area (Å²) in [6.07, 6.45) is 6.16. The van der Waals surface area contributed by atoms with Gasteiger partial charge in [0.05, 0.1) is 13.2 Å². The molecule has 0 fully saturated rings. The first-order valence-corrected chi connectivity index (χ1v) is 4.68. The van der Waals surface area contributed by atoms with Crippen LogP contribution in [-0.2, 0) is 9.53 Å². The Kier molecular flexibility index (Phi) is 4.55. The lowest BCUT2D eigenvalue weighted by atomic mass is 10.1. The molecule has 0 aliphatic heterocycles. The van der Waals surface area contributed by atoms with Gasteiger partial charge in [0, 0.05) is 12.2 Å². The van der Waals surface area contributed by atoms with E-state index in [1.807, 2.05) is 30.3 Å². The number of esters is 1. The second kappa shape index (κ2) is 6.20. The van der Waals surface area contributed by atoms with Crippen molar-refractivity contribution in [1.82, 2.24) is 0 Å². The summed E-state index contributed by atoms with van der Waals surface area (Å²) in [7, 11) is 1.34. The molecule has 3 nitrogen and oxygen atoms in total. The van der Waals surface area contributed by atoms with Gasteiger partial charge < -0.3 is 4.74 Å². The number of nitrogens with zero attached hydrogens (tertiary/aromatic N) is 1. The first-order valence-electron chi connectivity index (χ1n) is 4.68. The SMILES string of the molecule is COC(=O)/C=C/c1ccc(C=CC#N)cc1. The topological polar surface area (TPSA) is 50.1 Å². The molecule has 3 heteroatoms. The molecule has 0 aromatic heterocycles. The van der Waals surface area contributed by atoms with Crippen molar-refractivity contribution in [2.45, 2.75) is 0 Å². The molecule has 16 heavy (non-hydrogen) atoms. The molecule has 0 aliphatic rings. The smallest absolute Gasteiger partial charge is 0.330 e. The highest BCUT2D eigenvalue weighted by molar-refractivity contribution is 5.86. The van der Waals surface area contributed by atoms with Crippen LogP contribution in [0.1, 0.15) is 11.1 Å². The van der Waals surface area contributed by atoms with Gasteiger partial charge in [-0.2, -0.15) is 5.26 Å². The fraction of sp³-hybridized carbons (Fsp3) is 0.0769. The van der Waals surface area contributed by atoms with Crippen molar-refractivity contribution >= 4 is 18.1 Å². The fourth-order valence-electron chi connectivity index (χ4n) is 1.08. The van der Waals surface area contributed by atoms with Gasteiger partial charge >= 0.3 is 5.97 Å². The maximum atomic E-state index is 10.8. The quantitative estimate of drug-likeness (QED) is 0.440. The zero-order chi connectivity index (χ0) is 11.8. The van der Waals surface area contributed by atoms with Crippen LogP contribution in [0.4, 0.5) is 0 Å². The molecule has 0 bridgehead atoms. The number of nitriles is 1. The Bertz CT molecular complexity index is 450. The normalized spacial score (nSPS) is 10.5. The molecule has 0 radical (unpaired) electrons. The van der Waals surface area contributed by atoms with Gasteiger partial charge in [0.15, 0.2) is 0 Å². The standard InChI is InChI=1S/C13H11NO2/c1-16-13(15)9-8-12-6-4-11(5-7-12)3-2-10-14/h2-9H,1H3/b3-2?,9-8+. The monoisotopic (exact) mass is 213 g/mol. The highest BCUT2D eigenvalue weighted by Gasteiger charge is 1.92. The molecule has 1 aromatic carbocycles. The van der Waals surface area contributed by atoms with Crippen molar-refractivity contribution < 1.29 is 9.53 Å². The molecule has 1 rings (SSSR count). The Hall–Kier alpha value is -2.34. The third-order valence-electron chi connectivity index (χ3n) is 1.90. The van der Waals surface area contributed by atoms with Crippen LogP contribution in [0.25, 0.3) is 12.2 Å². The number of ether oxygens (including phenoxy) is 1. The maximum absolute atomic E-state index is 10.8. The predicted molar refractivity (Wildman–Crippen MR) is 62.1 cm³/mol. The van der Waals surface area contributed by atoms with Gasteiger partial charge in [-0.25, -0.2) is 4.79 Å². The maximum Gasteiger partial charge on any atom is 0.330 e. The number of rotatable bonds is 3. The molecule has 0 saturated carbocycles. The lowest BCUT2D eigenvalue weighted by molar-refractivity contribution is -0.134. The van der Waals surface area contributed by atoms with E-state index in [-0.39, 0.29) is 5.97 Å². The van der Waals surface area contributed by atoms with Crippen LogP contribution in [0.15, 0.2) is 36.4 Å². The predicted octanol–water partition coefficient (Wildman–Crippen LogP) is 2.41. The largest absolute Gasteiger partial charge is 0.466 e. The van der Waals surface area contributed by atoms with Crippen LogP contribution in [0, 0.1) is 11.3 Å². The third-order valence-corrected chi connectivity index (χ3v) is 1.90. The summed E-state index contributed by atoms with van der Waals surface area (Å²) in [6, 6.07) is 9.37. The molecular weight excluding hydrogens is 202 g/mol. The van der Waals surface area contributed by atoms with E-state index in [0.717, 1.165) is 11.1 Å². The van der Waals surface area contributed by atoms with E-state index in [2.05, 4.69) is 4.74 Å². The average molecular weight is 213 g/mol. The molecule has 0 amide bonds. The minimum absolute atomic E-state index is 0.381. The van der Waals surface area contributed by atoms with Crippen LogP contribution in [-0.4, -0.2) is 13.1 Å². The van der Waals surface area contributed by atoms with E-state index in [4.69, 9.17) is 5.26 Å². The molecule has 0 N–H and O–H groups in total. The summed E-state index contributed by atoms with van der Waals surface area (Å²) in [5, 5.41) is 8.36. The molecule has 0 spiro atoms. The van der Waals surface area contributed by atoms with E-state index in [0.29, 0.717) is 0 Å². The average Bonchev–Trinajstić information content (AvgIpc) is 2.34. The summed E-state index contributed by atoms with van der Waals surface area (Å²) in [5.41, 5.74) is 1.84. The van der Waals surface area contributed by atoms with Crippen LogP contribution in [0.2, 0.25) is 0 Å². The minimum atomic E-state index is -0.381. The van der Waals surface area contributed by atoms with Crippen LogP contribution in [0.5, 0.6) is 0 Å². The van der Waals surface area contributed by atoms with Gasteiger partial charge in [-0.05, 0) is 23.3 Å². The zero-order valence-corrected chi connectivity index (χ0v) is 8.88. The first kappa shape index (κ1) is 11.7. The van der Waals surface area contributed by atoms with Crippen LogP contribution < -0.4 is 0 Å². The highest BCUT2D eigenvalue weighted by atomic mass is 16.5. The third kappa shape index (κ3) is 3.81. The van der Waals surface area contributed by atoms with Gasteiger partial charge in [0.2, 0.25) is 0 Å². The number of carbonyl (C=O) groups is 1. The molecule has 0 unspecified atom stereocenters. The summed E-state index contributed by atoms with van der Waals surface area (Å²) < 4.78 is 4.48. The van der Waals surface area contributed by atoms with E-state index in [9.17, 15) is 4.79 Å². The second-order valence-electron chi connectivity index (χ2n) is 2.99. The van der Waals surface area contributed by atoms with Crippen molar-refractivity contribution in [3.8, 4) is 6.07 Å². The van der Waals surface area contributed by atoms with Crippen LogP contribution in [0.3, 0.4) is 0 Å². The number of hydrogen-bond acceptors (Lipinski definition) is 3. The molecule has 0 heterocycles. The molecular formula is C13H11NO2.